The summed E-state index contributed by atoms with van der Waals surface area (Å²) in [5.41, 5.74) is -0.180. The van der Waals surface area contributed by atoms with E-state index in [1.54, 1.807) is 5.48 Å². The maximum atomic E-state index is 13.4. The first-order valence-corrected chi connectivity index (χ1v) is 3.94. The summed E-state index contributed by atoms with van der Waals surface area (Å²) in [6.07, 6.45) is 0. The third kappa shape index (κ3) is 2.28. The molecular weight excluding hydrogens is 226 g/mol. The molecule has 16 heavy (non-hydrogen) atoms. The minimum atomic E-state index is -1.42. The topological polar surface area (TPSA) is 81.5 Å². The molecule has 0 fully saturated rings. The molecule has 0 spiro atoms. The van der Waals surface area contributed by atoms with E-state index in [0.29, 0.717) is 12.1 Å². The average molecular weight is 232 g/mol. The van der Waals surface area contributed by atoms with Gasteiger partial charge in [-0.1, -0.05) is 0 Å². The van der Waals surface area contributed by atoms with Gasteiger partial charge in [0, 0.05) is 0 Å². The summed E-state index contributed by atoms with van der Waals surface area (Å²) in [6.45, 7) is 0. The number of rotatable bonds is 3. The Labute approximate surface area is 87.9 Å². The first kappa shape index (κ1) is 12.0. The van der Waals surface area contributed by atoms with Gasteiger partial charge < -0.3 is 0 Å². The molecule has 0 heterocycles. The Balaban J connectivity index is 3.29. The predicted octanol–water partition coefficient (Wildman–Crippen LogP) is 1.16. The quantitative estimate of drug-likeness (QED) is 0.626. The summed E-state index contributed by atoms with van der Waals surface area (Å²) in [5.74, 6) is -3.61. The molecule has 0 unspecified atom stereocenters. The van der Waals surface area contributed by atoms with Crippen molar-refractivity contribution in [2.45, 2.75) is 0 Å². The van der Waals surface area contributed by atoms with Crippen molar-refractivity contribution in [1.82, 2.24) is 5.48 Å². The fourth-order valence-corrected chi connectivity index (χ4v) is 1.02. The molecule has 0 saturated heterocycles. The molecule has 6 nitrogen and oxygen atoms in total. The first-order valence-electron chi connectivity index (χ1n) is 3.94. The van der Waals surface area contributed by atoms with Crippen molar-refractivity contribution in [3.63, 3.8) is 0 Å². The van der Waals surface area contributed by atoms with Crippen LogP contribution in [0.1, 0.15) is 10.4 Å². The van der Waals surface area contributed by atoms with E-state index in [2.05, 4.69) is 4.84 Å². The zero-order chi connectivity index (χ0) is 12.3. The molecule has 0 bridgehead atoms. The smallest absolute Gasteiger partial charge is 0.277 e. The SMILES string of the molecule is CONC(=O)c1cc(F)cc([N+](=O)[O-])c1F. The number of carbonyl (C=O) groups excluding carboxylic acids is 1. The van der Waals surface area contributed by atoms with Gasteiger partial charge in [-0.15, -0.1) is 0 Å². The van der Waals surface area contributed by atoms with Crippen LogP contribution in [0.25, 0.3) is 0 Å². The van der Waals surface area contributed by atoms with Crippen LogP contribution < -0.4 is 5.48 Å². The molecular formula is C8H6F2N2O4. The number of halogens is 2. The zero-order valence-electron chi connectivity index (χ0n) is 7.99. The summed E-state index contributed by atoms with van der Waals surface area (Å²) in [7, 11) is 1.09. The van der Waals surface area contributed by atoms with Gasteiger partial charge in [0.2, 0.25) is 5.82 Å². The Morgan fingerprint density at radius 2 is 2.12 bits per heavy atom. The monoisotopic (exact) mass is 232 g/mol. The molecule has 0 aliphatic carbocycles. The zero-order valence-corrected chi connectivity index (χ0v) is 7.99. The number of hydrogen-bond donors (Lipinski definition) is 1. The van der Waals surface area contributed by atoms with Crippen molar-refractivity contribution in [2.24, 2.45) is 0 Å². The van der Waals surface area contributed by atoms with Gasteiger partial charge in [0.1, 0.15) is 5.82 Å². The molecule has 8 heteroatoms. The fraction of sp³-hybridized carbons (Fsp3) is 0.125. The third-order valence-electron chi connectivity index (χ3n) is 1.65. The minimum absolute atomic E-state index is 0.388. The molecule has 86 valence electrons. The van der Waals surface area contributed by atoms with E-state index >= 15 is 0 Å². The number of hydroxylamine groups is 1. The van der Waals surface area contributed by atoms with Crippen LogP contribution in [0.5, 0.6) is 0 Å². The van der Waals surface area contributed by atoms with Gasteiger partial charge in [0.15, 0.2) is 0 Å². The molecule has 0 atom stereocenters. The van der Waals surface area contributed by atoms with E-state index in [-0.39, 0.29) is 0 Å². The van der Waals surface area contributed by atoms with Crippen LogP contribution in [0.3, 0.4) is 0 Å². The van der Waals surface area contributed by atoms with E-state index in [1.165, 1.54) is 0 Å². The Bertz CT molecular complexity index is 450. The number of amides is 1. The summed E-state index contributed by atoms with van der Waals surface area (Å²) in [4.78, 5) is 24.5. The van der Waals surface area contributed by atoms with E-state index in [0.717, 1.165) is 7.11 Å². The molecule has 0 aliphatic heterocycles. The number of nitrogens with one attached hydrogen (secondary N) is 1. The Kier molecular flexibility index (Phi) is 3.46. The van der Waals surface area contributed by atoms with Gasteiger partial charge in [0.25, 0.3) is 5.91 Å². The van der Waals surface area contributed by atoms with Gasteiger partial charge in [0.05, 0.1) is 23.7 Å². The fourth-order valence-electron chi connectivity index (χ4n) is 1.02. The lowest BCUT2D eigenvalue weighted by Gasteiger charge is -2.03. The highest BCUT2D eigenvalue weighted by Crippen LogP contribution is 2.22. The standard InChI is InChI=1S/C8H6F2N2O4/c1-16-11-8(13)5-2-4(9)3-6(7(5)10)12(14)15/h2-3H,1H3,(H,11,13). The van der Waals surface area contributed by atoms with E-state index in [9.17, 15) is 23.7 Å². The van der Waals surface area contributed by atoms with Crippen LogP contribution in [0.4, 0.5) is 14.5 Å². The minimum Gasteiger partial charge on any atom is -0.277 e. The molecule has 1 aromatic rings. The Morgan fingerprint density at radius 1 is 1.50 bits per heavy atom. The highest BCUT2D eigenvalue weighted by molar-refractivity contribution is 5.94. The van der Waals surface area contributed by atoms with Crippen LogP contribution in [-0.2, 0) is 4.84 Å². The average Bonchev–Trinajstić information content (AvgIpc) is 2.20. The van der Waals surface area contributed by atoms with Gasteiger partial charge >= 0.3 is 5.69 Å². The van der Waals surface area contributed by atoms with Crippen LogP contribution in [0.15, 0.2) is 12.1 Å². The van der Waals surface area contributed by atoms with Gasteiger partial charge in [-0.3, -0.25) is 19.7 Å². The lowest BCUT2D eigenvalue weighted by molar-refractivity contribution is -0.387. The maximum absolute atomic E-state index is 13.4. The molecule has 1 aromatic carbocycles. The maximum Gasteiger partial charge on any atom is 0.308 e. The van der Waals surface area contributed by atoms with Crippen molar-refractivity contribution in [2.75, 3.05) is 7.11 Å². The summed E-state index contributed by atoms with van der Waals surface area (Å²) >= 11 is 0. The second-order valence-electron chi connectivity index (χ2n) is 2.68. The lowest BCUT2D eigenvalue weighted by Crippen LogP contribution is -2.23. The second kappa shape index (κ2) is 4.62. The van der Waals surface area contributed by atoms with Crippen LogP contribution in [-0.4, -0.2) is 17.9 Å². The number of nitro groups is 1. The van der Waals surface area contributed by atoms with Crippen molar-refractivity contribution in [3.8, 4) is 0 Å². The summed E-state index contributed by atoms with van der Waals surface area (Å²) in [6, 6.07) is 0.926. The first-order chi connectivity index (χ1) is 7.47. The Morgan fingerprint density at radius 3 is 2.62 bits per heavy atom. The normalized spacial score (nSPS) is 9.94. The van der Waals surface area contributed by atoms with Crippen LogP contribution in [0.2, 0.25) is 0 Å². The molecule has 0 aromatic heterocycles. The number of carbonyl (C=O) groups is 1. The van der Waals surface area contributed by atoms with Crippen molar-refractivity contribution < 1.29 is 23.3 Å². The Hall–Kier alpha value is -2.09. The molecule has 1 amide bonds. The highest BCUT2D eigenvalue weighted by atomic mass is 19.1. The predicted molar refractivity (Wildman–Crippen MR) is 47.5 cm³/mol. The highest BCUT2D eigenvalue weighted by Gasteiger charge is 2.24. The molecule has 0 aliphatic rings. The number of nitro benzene ring substituents is 1. The van der Waals surface area contributed by atoms with E-state index in [4.69, 9.17) is 0 Å². The van der Waals surface area contributed by atoms with Gasteiger partial charge in [-0.2, -0.15) is 4.39 Å². The van der Waals surface area contributed by atoms with Gasteiger partial charge in [-0.25, -0.2) is 9.87 Å². The molecule has 0 saturated carbocycles. The van der Waals surface area contributed by atoms with Crippen molar-refractivity contribution in [3.05, 3.63) is 39.4 Å². The number of nitrogens with zero attached hydrogens (tertiary/aromatic N) is 1. The molecule has 0 radical (unpaired) electrons. The van der Waals surface area contributed by atoms with Crippen LogP contribution >= 0.6 is 0 Å². The van der Waals surface area contributed by atoms with Gasteiger partial charge in [-0.05, 0) is 6.07 Å². The van der Waals surface area contributed by atoms with E-state index in [1.807, 2.05) is 0 Å². The number of hydrogen-bond acceptors (Lipinski definition) is 4. The number of benzene rings is 1. The second-order valence-corrected chi connectivity index (χ2v) is 2.68. The van der Waals surface area contributed by atoms with Crippen molar-refractivity contribution in [1.29, 1.82) is 0 Å². The van der Waals surface area contributed by atoms with Crippen molar-refractivity contribution >= 4 is 11.6 Å². The molecule has 1 N–H and O–H groups in total. The largest absolute Gasteiger partial charge is 0.308 e. The summed E-state index contributed by atoms with van der Waals surface area (Å²) in [5, 5.41) is 10.3. The molecule has 1 rings (SSSR count). The summed E-state index contributed by atoms with van der Waals surface area (Å²) < 4.78 is 26.2. The van der Waals surface area contributed by atoms with Crippen LogP contribution in [0, 0.1) is 21.7 Å². The lowest BCUT2D eigenvalue weighted by atomic mass is 10.1. The van der Waals surface area contributed by atoms with E-state index < -0.39 is 33.7 Å². The third-order valence-corrected chi connectivity index (χ3v) is 1.65.